The van der Waals surface area contributed by atoms with Crippen molar-refractivity contribution in [2.45, 2.75) is 52.1 Å². The van der Waals surface area contributed by atoms with Gasteiger partial charge in [0.05, 0.1) is 6.61 Å². The smallest absolute Gasteiger partial charge is 0.167 e. The summed E-state index contributed by atoms with van der Waals surface area (Å²) in [6.07, 6.45) is 4.46. The van der Waals surface area contributed by atoms with Gasteiger partial charge in [0.1, 0.15) is 0 Å². The predicted molar refractivity (Wildman–Crippen MR) is 62.1 cm³/mol. The van der Waals surface area contributed by atoms with E-state index in [9.17, 15) is 4.79 Å². The van der Waals surface area contributed by atoms with E-state index < -0.39 is 0 Å². The zero-order chi connectivity index (χ0) is 11.6. The molecule has 1 saturated heterocycles. The summed E-state index contributed by atoms with van der Waals surface area (Å²) in [5.74, 6) is 2.41. The lowest BCUT2D eigenvalue weighted by atomic mass is 9.58. The lowest BCUT2D eigenvalue weighted by Crippen LogP contribution is -2.45. The van der Waals surface area contributed by atoms with Crippen LogP contribution in [0, 0.1) is 23.2 Å². The number of hydrogen-bond acceptors (Lipinski definition) is 2. The van der Waals surface area contributed by atoms with Crippen LogP contribution in [0.4, 0.5) is 0 Å². The minimum absolute atomic E-state index is 0.182. The zero-order valence-corrected chi connectivity index (χ0v) is 10.6. The first kappa shape index (κ1) is 10.8. The van der Waals surface area contributed by atoms with Crippen molar-refractivity contribution < 1.29 is 9.53 Å². The lowest BCUT2D eigenvalue weighted by Gasteiger charge is -2.45. The van der Waals surface area contributed by atoms with Crippen molar-refractivity contribution in [2.75, 3.05) is 6.61 Å². The summed E-state index contributed by atoms with van der Waals surface area (Å²) in [7, 11) is 0. The molecule has 3 fully saturated rings. The molecule has 2 spiro atoms. The van der Waals surface area contributed by atoms with Crippen LogP contribution in [-0.2, 0) is 9.53 Å². The third-order valence-corrected chi connectivity index (χ3v) is 5.35. The molecular weight excluding hydrogens is 200 g/mol. The van der Waals surface area contributed by atoms with Gasteiger partial charge in [0, 0.05) is 11.8 Å². The second-order valence-electron chi connectivity index (χ2n) is 6.65. The first-order valence-corrected chi connectivity index (χ1v) is 6.67. The van der Waals surface area contributed by atoms with Crippen LogP contribution in [-0.4, -0.2) is 18.0 Å². The molecule has 16 heavy (non-hydrogen) atoms. The van der Waals surface area contributed by atoms with Gasteiger partial charge in [0.2, 0.25) is 0 Å². The van der Waals surface area contributed by atoms with Crippen LogP contribution < -0.4 is 0 Å². The fourth-order valence-electron chi connectivity index (χ4n) is 4.75. The van der Waals surface area contributed by atoms with Crippen molar-refractivity contribution in [1.82, 2.24) is 0 Å². The molecule has 2 saturated carbocycles. The standard InChI is InChI=1S/C14H22O2/c1-9-4-10(2)7-13(6-9)11(3)5-12(15)14(13)8-16-14/h9-11H,4-8H2,1-3H3. The molecule has 0 aromatic carbocycles. The van der Waals surface area contributed by atoms with E-state index in [0.717, 1.165) is 18.3 Å². The maximum Gasteiger partial charge on any atom is 0.167 e. The molecule has 0 bridgehead atoms. The highest BCUT2D eigenvalue weighted by Crippen LogP contribution is 2.64. The fourth-order valence-corrected chi connectivity index (χ4v) is 4.75. The molecule has 0 aromatic rings. The molecular formula is C14H22O2. The molecule has 1 heterocycles. The molecule has 2 nitrogen and oxygen atoms in total. The van der Waals surface area contributed by atoms with Gasteiger partial charge in [-0.2, -0.15) is 0 Å². The first-order chi connectivity index (χ1) is 7.50. The first-order valence-electron chi connectivity index (χ1n) is 6.67. The van der Waals surface area contributed by atoms with E-state index in [1.54, 1.807) is 0 Å². The SMILES string of the molecule is CC1CC(C)CC2(C1)C(C)CC(=O)C21CO1. The molecule has 0 N–H and O–H groups in total. The second kappa shape index (κ2) is 3.10. The third-order valence-electron chi connectivity index (χ3n) is 5.35. The van der Waals surface area contributed by atoms with Crippen molar-refractivity contribution in [3.05, 3.63) is 0 Å². The molecule has 0 radical (unpaired) electrons. The van der Waals surface area contributed by atoms with Gasteiger partial charge in [-0.25, -0.2) is 0 Å². The second-order valence-corrected chi connectivity index (χ2v) is 6.65. The molecule has 4 atom stereocenters. The Kier molecular flexibility index (Phi) is 2.08. The predicted octanol–water partition coefficient (Wildman–Crippen LogP) is 2.81. The molecule has 3 aliphatic rings. The highest BCUT2D eigenvalue weighted by Gasteiger charge is 2.72. The Balaban J connectivity index is 1.99. The average Bonchev–Trinajstić information content (AvgIpc) is 2.93. The Labute approximate surface area is 97.7 Å². The summed E-state index contributed by atoms with van der Waals surface area (Å²) < 4.78 is 5.68. The van der Waals surface area contributed by atoms with Gasteiger partial charge in [-0.05, 0) is 37.0 Å². The van der Waals surface area contributed by atoms with E-state index in [2.05, 4.69) is 20.8 Å². The highest BCUT2D eigenvalue weighted by molar-refractivity contribution is 5.93. The van der Waals surface area contributed by atoms with Crippen LogP contribution in [0.5, 0.6) is 0 Å². The Morgan fingerprint density at radius 1 is 1.19 bits per heavy atom. The maximum absolute atomic E-state index is 12.1. The number of carbonyl (C=O) groups is 1. The van der Waals surface area contributed by atoms with Crippen LogP contribution in [0.15, 0.2) is 0 Å². The summed E-state index contributed by atoms with van der Waals surface area (Å²) >= 11 is 0. The van der Waals surface area contributed by atoms with Crippen LogP contribution in [0.1, 0.15) is 46.5 Å². The van der Waals surface area contributed by atoms with Crippen LogP contribution in [0.3, 0.4) is 0 Å². The van der Waals surface area contributed by atoms with E-state index in [0.29, 0.717) is 18.3 Å². The summed E-state index contributed by atoms with van der Waals surface area (Å²) in [6.45, 7) is 7.64. The number of fused-ring (bicyclic) bond motifs is 1. The van der Waals surface area contributed by atoms with Crippen molar-refractivity contribution in [2.24, 2.45) is 23.2 Å². The largest absolute Gasteiger partial charge is 0.361 e. The van der Waals surface area contributed by atoms with Crippen molar-refractivity contribution in [3.63, 3.8) is 0 Å². The molecule has 0 aromatic heterocycles. The van der Waals surface area contributed by atoms with Crippen molar-refractivity contribution in [1.29, 1.82) is 0 Å². The molecule has 2 heteroatoms. The Hall–Kier alpha value is -0.370. The van der Waals surface area contributed by atoms with Gasteiger partial charge in [0.25, 0.3) is 0 Å². The molecule has 3 rings (SSSR count). The number of ether oxygens (including phenoxy) is 1. The Bertz CT molecular complexity index is 320. The number of ketones is 1. The minimum Gasteiger partial charge on any atom is -0.361 e. The number of rotatable bonds is 0. The van der Waals surface area contributed by atoms with E-state index in [1.165, 1.54) is 19.3 Å². The van der Waals surface area contributed by atoms with Crippen molar-refractivity contribution >= 4 is 5.78 Å². The van der Waals surface area contributed by atoms with Gasteiger partial charge in [0.15, 0.2) is 11.4 Å². The van der Waals surface area contributed by atoms with E-state index >= 15 is 0 Å². The number of hydrogen-bond donors (Lipinski definition) is 0. The van der Waals surface area contributed by atoms with Gasteiger partial charge < -0.3 is 4.74 Å². The van der Waals surface area contributed by atoms with Gasteiger partial charge >= 0.3 is 0 Å². The molecule has 90 valence electrons. The van der Waals surface area contributed by atoms with Gasteiger partial charge in [-0.3, -0.25) is 4.79 Å². The summed E-state index contributed by atoms with van der Waals surface area (Å²) in [5.41, 5.74) is -0.156. The number of Topliss-reactive ketones (excluding diaryl/α,β-unsaturated/α-hetero) is 1. The number of epoxide rings is 1. The van der Waals surface area contributed by atoms with E-state index in [-0.39, 0.29) is 11.0 Å². The van der Waals surface area contributed by atoms with Crippen molar-refractivity contribution in [3.8, 4) is 0 Å². The highest BCUT2D eigenvalue weighted by atomic mass is 16.6. The molecule has 4 unspecified atom stereocenters. The van der Waals surface area contributed by atoms with Crippen LogP contribution in [0.2, 0.25) is 0 Å². The average molecular weight is 222 g/mol. The minimum atomic E-state index is -0.338. The molecule has 1 aliphatic heterocycles. The fraction of sp³-hybridized carbons (Fsp3) is 0.929. The molecule has 2 aliphatic carbocycles. The third kappa shape index (κ3) is 1.14. The lowest BCUT2D eigenvalue weighted by molar-refractivity contribution is -0.125. The number of carbonyl (C=O) groups excluding carboxylic acids is 1. The summed E-state index contributed by atoms with van der Waals surface area (Å²) in [4.78, 5) is 12.1. The quantitative estimate of drug-likeness (QED) is 0.590. The maximum atomic E-state index is 12.1. The van der Waals surface area contributed by atoms with Crippen LogP contribution >= 0.6 is 0 Å². The van der Waals surface area contributed by atoms with Gasteiger partial charge in [-0.1, -0.05) is 20.8 Å². The van der Waals surface area contributed by atoms with E-state index in [1.807, 2.05) is 0 Å². The zero-order valence-electron chi connectivity index (χ0n) is 10.6. The Morgan fingerprint density at radius 3 is 2.25 bits per heavy atom. The summed E-state index contributed by atoms with van der Waals surface area (Å²) in [6, 6.07) is 0. The van der Waals surface area contributed by atoms with Crippen LogP contribution in [0.25, 0.3) is 0 Å². The monoisotopic (exact) mass is 222 g/mol. The van der Waals surface area contributed by atoms with E-state index in [4.69, 9.17) is 4.74 Å². The Morgan fingerprint density at radius 2 is 1.75 bits per heavy atom. The van der Waals surface area contributed by atoms with Gasteiger partial charge in [-0.15, -0.1) is 0 Å². The molecule has 0 amide bonds. The topological polar surface area (TPSA) is 29.6 Å². The summed E-state index contributed by atoms with van der Waals surface area (Å²) in [5, 5.41) is 0. The normalized spacial score (nSPS) is 56.2.